The molecule has 2 aliphatic rings. The zero-order chi connectivity index (χ0) is 17.8. The number of carboxylic acids is 1. The molecule has 6 heteroatoms. The van der Waals surface area contributed by atoms with Gasteiger partial charge < -0.3 is 15.3 Å². The third-order valence-electron chi connectivity index (χ3n) is 5.19. The number of rotatable bonds is 6. The predicted molar refractivity (Wildman–Crippen MR) is 91.8 cm³/mol. The van der Waals surface area contributed by atoms with Gasteiger partial charge in [-0.05, 0) is 18.4 Å². The van der Waals surface area contributed by atoms with Gasteiger partial charge in [0.1, 0.15) is 6.04 Å². The zero-order valence-electron chi connectivity index (χ0n) is 14.2. The molecular weight excluding hydrogens is 320 g/mol. The van der Waals surface area contributed by atoms with Crippen molar-refractivity contribution in [2.45, 2.75) is 50.6 Å². The van der Waals surface area contributed by atoms with Gasteiger partial charge in [-0.2, -0.15) is 0 Å². The fourth-order valence-corrected chi connectivity index (χ4v) is 3.82. The first-order valence-corrected chi connectivity index (χ1v) is 8.91. The Morgan fingerprint density at radius 3 is 2.52 bits per heavy atom. The van der Waals surface area contributed by atoms with Crippen molar-refractivity contribution in [2.75, 3.05) is 6.54 Å². The lowest BCUT2D eigenvalue weighted by Crippen LogP contribution is -2.45. The van der Waals surface area contributed by atoms with Crippen LogP contribution in [0.1, 0.15) is 37.7 Å². The Balaban J connectivity index is 1.60. The fourth-order valence-electron chi connectivity index (χ4n) is 3.82. The number of carbonyl (C=O) groups excluding carboxylic acids is 2. The SMILES string of the molecule is O=C(N[C@@H](Cc1ccccc1)C(=O)O)[C@H]1CC(=O)N(C2CCCC2)C1. The van der Waals surface area contributed by atoms with E-state index in [1.807, 2.05) is 35.2 Å². The first kappa shape index (κ1) is 17.5. The van der Waals surface area contributed by atoms with Gasteiger partial charge in [0.15, 0.2) is 0 Å². The Labute approximate surface area is 147 Å². The molecule has 1 heterocycles. The third-order valence-corrected chi connectivity index (χ3v) is 5.19. The zero-order valence-corrected chi connectivity index (χ0v) is 14.2. The second-order valence-corrected chi connectivity index (χ2v) is 6.97. The van der Waals surface area contributed by atoms with Gasteiger partial charge in [0.05, 0.1) is 5.92 Å². The van der Waals surface area contributed by atoms with Gasteiger partial charge in [0.25, 0.3) is 0 Å². The number of carbonyl (C=O) groups is 3. The maximum Gasteiger partial charge on any atom is 0.326 e. The normalized spacial score (nSPS) is 22.2. The van der Waals surface area contributed by atoms with Crippen LogP contribution in [0, 0.1) is 5.92 Å². The van der Waals surface area contributed by atoms with Crippen molar-refractivity contribution < 1.29 is 19.5 Å². The van der Waals surface area contributed by atoms with Crippen molar-refractivity contribution >= 4 is 17.8 Å². The number of nitrogens with one attached hydrogen (secondary N) is 1. The van der Waals surface area contributed by atoms with E-state index in [4.69, 9.17) is 0 Å². The summed E-state index contributed by atoms with van der Waals surface area (Å²) in [5, 5.41) is 12.0. The van der Waals surface area contributed by atoms with Crippen molar-refractivity contribution in [3.63, 3.8) is 0 Å². The highest BCUT2D eigenvalue weighted by Crippen LogP contribution is 2.29. The molecule has 1 saturated carbocycles. The second-order valence-electron chi connectivity index (χ2n) is 6.97. The molecule has 0 aromatic heterocycles. The molecule has 6 nitrogen and oxygen atoms in total. The van der Waals surface area contributed by atoms with Gasteiger partial charge in [-0.3, -0.25) is 9.59 Å². The molecule has 134 valence electrons. The van der Waals surface area contributed by atoms with Crippen LogP contribution in [0.2, 0.25) is 0 Å². The van der Waals surface area contributed by atoms with E-state index in [1.54, 1.807) is 0 Å². The van der Waals surface area contributed by atoms with Crippen LogP contribution in [-0.2, 0) is 20.8 Å². The first-order valence-electron chi connectivity index (χ1n) is 8.91. The van der Waals surface area contributed by atoms with Gasteiger partial charge in [0, 0.05) is 25.4 Å². The molecule has 3 rings (SSSR count). The largest absolute Gasteiger partial charge is 0.480 e. The van der Waals surface area contributed by atoms with E-state index < -0.39 is 17.9 Å². The summed E-state index contributed by atoms with van der Waals surface area (Å²) in [6.45, 7) is 0.410. The van der Waals surface area contributed by atoms with Crippen molar-refractivity contribution in [3.8, 4) is 0 Å². The number of amides is 2. The van der Waals surface area contributed by atoms with Crippen LogP contribution in [0.4, 0.5) is 0 Å². The van der Waals surface area contributed by atoms with E-state index in [9.17, 15) is 19.5 Å². The quantitative estimate of drug-likeness (QED) is 0.820. The summed E-state index contributed by atoms with van der Waals surface area (Å²) in [5.41, 5.74) is 0.852. The Kier molecular flexibility index (Phi) is 5.36. The van der Waals surface area contributed by atoms with E-state index in [-0.39, 0.29) is 30.7 Å². The van der Waals surface area contributed by atoms with Crippen LogP contribution in [0.25, 0.3) is 0 Å². The number of benzene rings is 1. The Bertz CT molecular complexity index is 640. The van der Waals surface area contributed by atoms with Gasteiger partial charge in [0.2, 0.25) is 11.8 Å². The monoisotopic (exact) mass is 344 g/mol. The molecule has 0 bridgehead atoms. The molecule has 1 aromatic rings. The summed E-state index contributed by atoms with van der Waals surface area (Å²) in [6.07, 6.45) is 4.68. The molecule has 0 spiro atoms. The summed E-state index contributed by atoms with van der Waals surface area (Å²) in [5.74, 6) is -1.83. The topological polar surface area (TPSA) is 86.7 Å². The van der Waals surface area contributed by atoms with E-state index in [0.29, 0.717) is 6.54 Å². The maximum atomic E-state index is 12.5. The summed E-state index contributed by atoms with van der Waals surface area (Å²) in [6, 6.07) is 8.48. The molecule has 25 heavy (non-hydrogen) atoms. The molecule has 0 radical (unpaired) electrons. The molecule has 0 unspecified atom stereocenters. The maximum absolute atomic E-state index is 12.5. The fraction of sp³-hybridized carbons (Fsp3) is 0.526. The van der Waals surface area contributed by atoms with Crippen LogP contribution in [0.5, 0.6) is 0 Å². The molecule has 1 saturated heterocycles. The number of likely N-dealkylation sites (tertiary alicyclic amines) is 1. The minimum Gasteiger partial charge on any atom is -0.480 e. The number of hydrogen-bond acceptors (Lipinski definition) is 3. The Morgan fingerprint density at radius 2 is 1.88 bits per heavy atom. The second kappa shape index (κ2) is 7.68. The van der Waals surface area contributed by atoms with Gasteiger partial charge in [-0.1, -0.05) is 43.2 Å². The highest BCUT2D eigenvalue weighted by molar-refractivity contribution is 5.91. The smallest absolute Gasteiger partial charge is 0.326 e. The van der Waals surface area contributed by atoms with E-state index in [0.717, 1.165) is 31.2 Å². The van der Waals surface area contributed by atoms with E-state index in [2.05, 4.69) is 5.32 Å². The molecule has 1 aliphatic carbocycles. The van der Waals surface area contributed by atoms with E-state index >= 15 is 0 Å². The Hall–Kier alpha value is -2.37. The van der Waals surface area contributed by atoms with Gasteiger partial charge >= 0.3 is 5.97 Å². The number of nitrogens with zero attached hydrogens (tertiary/aromatic N) is 1. The van der Waals surface area contributed by atoms with Crippen LogP contribution in [0.3, 0.4) is 0 Å². The molecule has 2 amide bonds. The minimum atomic E-state index is -1.06. The molecule has 2 fully saturated rings. The number of carboxylic acid groups (broad SMARTS) is 1. The lowest BCUT2D eigenvalue weighted by atomic mass is 10.0. The van der Waals surface area contributed by atoms with Crippen molar-refractivity contribution in [1.29, 1.82) is 0 Å². The average Bonchev–Trinajstić information content (AvgIpc) is 3.24. The molecule has 2 atom stereocenters. The molecule has 1 aromatic carbocycles. The number of aliphatic carboxylic acids is 1. The van der Waals surface area contributed by atoms with Crippen LogP contribution < -0.4 is 5.32 Å². The lowest BCUT2D eigenvalue weighted by molar-refractivity contribution is -0.142. The average molecular weight is 344 g/mol. The van der Waals surface area contributed by atoms with Crippen LogP contribution in [-0.4, -0.2) is 46.4 Å². The van der Waals surface area contributed by atoms with Crippen LogP contribution >= 0.6 is 0 Å². The van der Waals surface area contributed by atoms with Gasteiger partial charge in [-0.25, -0.2) is 4.79 Å². The molecule has 2 N–H and O–H groups in total. The summed E-state index contributed by atoms with van der Waals surface area (Å²) in [4.78, 5) is 38.0. The van der Waals surface area contributed by atoms with E-state index in [1.165, 1.54) is 0 Å². The first-order chi connectivity index (χ1) is 12.0. The van der Waals surface area contributed by atoms with Gasteiger partial charge in [-0.15, -0.1) is 0 Å². The lowest BCUT2D eigenvalue weighted by Gasteiger charge is -2.24. The summed E-state index contributed by atoms with van der Waals surface area (Å²) >= 11 is 0. The van der Waals surface area contributed by atoms with Crippen molar-refractivity contribution in [1.82, 2.24) is 10.2 Å². The number of hydrogen-bond donors (Lipinski definition) is 2. The standard InChI is InChI=1S/C19H24N2O4/c22-17-11-14(12-21(17)15-8-4-5-9-15)18(23)20-16(19(24)25)10-13-6-2-1-3-7-13/h1-3,6-7,14-16H,4-5,8-12H2,(H,20,23)(H,24,25)/t14-,16-/m0/s1. The summed E-state index contributed by atoms with van der Waals surface area (Å²) in [7, 11) is 0. The van der Waals surface area contributed by atoms with Crippen molar-refractivity contribution in [3.05, 3.63) is 35.9 Å². The van der Waals surface area contributed by atoms with Crippen LogP contribution in [0.15, 0.2) is 30.3 Å². The highest BCUT2D eigenvalue weighted by atomic mass is 16.4. The summed E-state index contributed by atoms with van der Waals surface area (Å²) < 4.78 is 0. The third kappa shape index (κ3) is 4.18. The molecular formula is C19H24N2O4. The Morgan fingerprint density at radius 1 is 1.20 bits per heavy atom. The van der Waals surface area contributed by atoms with Crippen molar-refractivity contribution in [2.24, 2.45) is 5.92 Å². The highest BCUT2D eigenvalue weighted by Gasteiger charge is 2.39. The molecule has 1 aliphatic heterocycles. The minimum absolute atomic E-state index is 0.0157. The predicted octanol–water partition coefficient (Wildman–Crippen LogP) is 1.59.